The lowest BCUT2D eigenvalue weighted by Crippen LogP contribution is -2.09. The molecule has 0 amide bonds. The molecule has 0 fully saturated rings. The molecule has 0 radical (unpaired) electrons. The second kappa shape index (κ2) is 5.79. The zero-order valence-corrected chi connectivity index (χ0v) is 14.2. The van der Waals surface area contributed by atoms with Crippen LogP contribution in [0.15, 0.2) is 58.4 Å². The van der Waals surface area contributed by atoms with Crippen LogP contribution < -0.4 is 5.32 Å². The number of nitrogens with one attached hydrogen (secondary N) is 1. The van der Waals surface area contributed by atoms with Crippen LogP contribution in [0.4, 0.5) is 5.13 Å². The van der Waals surface area contributed by atoms with Crippen LogP contribution in [-0.4, -0.2) is 11.0 Å². The molecule has 3 aromatic rings. The van der Waals surface area contributed by atoms with Crippen molar-refractivity contribution in [1.82, 2.24) is 4.98 Å². The van der Waals surface area contributed by atoms with Crippen molar-refractivity contribution in [2.45, 2.75) is 6.23 Å². The van der Waals surface area contributed by atoms with Crippen LogP contribution in [0.2, 0.25) is 0 Å². The van der Waals surface area contributed by atoms with E-state index in [1.165, 1.54) is 11.3 Å². The molecule has 114 valence electrons. The van der Waals surface area contributed by atoms with E-state index in [-0.39, 0.29) is 5.97 Å². The van der Waals surface area contributed by atoms with E-state index in [2.05, 4.69) is 26.2 Å². The zero-order valence-electron chi connectivity index (χ0n) is 11.8. The van der Waals surface area contributed by atoms with E-state index in [0.717, 1.165) is 26.4 Å². The molecule has 2 heterocycles. The van der Waals surface area contributed by atoms with Gasteiger partial charge in [0.2, 0.25) is 6.23 Å². The fourth-order valence-electron chi connectivity index (χ4n) is 2.49. The summed E-state index contributed by atoms with van der Waals surface area (Å²) in [5.41, 5.74) is 3.37. The van der Waals surface area contributed by atoms with Crippen LogP contribution >= 0.6 is 27.3 Å². The highest BCUT2D eigenvalue weighted by Crippen LogP contribution is 2.33. The zero-order chi connectivity index (χ0) is 15.8. The van der Waals surface area contributed by atoms with Crippen molar-refractivity contribution in [3.05, 3.63) is 69.5 Å². The van der Waals surface area contributed by atoms with E-state index in [9.17, 15) is 4.79 Å². The molecular weight excluding hydrogens is 376 g/mol. The summed E-state index contributed by atoms with van der Waals surface area (Å²) in [5, 5.41) is 5.88. The molecule has 4 rings (SSSR count). The highest BCUT2D eigenvalue weighted by molar-refractivity contribution is 9.10. The van der Waals surface area contributed by atoms with Gasteiger partial charge in [-0.05, 0) is 18.2 Å². The highest BCUT2D eigenvalue weighted by atomic mass is 79.9. The lowest BCUT2D eigenvalue weighted by Gasteiger charge is -2.11. The largest absolute Gasteiger partial charge is 0.434 e. The maximum absolute atomic E-state index is 11.8. The third-order valence-electron chi connectivity index (χ3n) is 3.57. The monoisotopic (exact) mass is 386 g/mol. The number of ether oxygens (including phenoxy) is 1. The number of aromatic nitrogens is 1. The van der Waals surface area contributed by atoms with Crippen LogP contribution in [0.3, 0.4) is 0 Å². The van der Waals surface area contributed by atoms with E-state index in [0.29, 0.717) is 5.56 Å². The Balaban J connectivity index is 1.58. The van der Waals surface area contributed by atoms with Crippen molar-refractivity contribution in [2.24, 2.45) is 0 Å². The van der Waals surface area contributed by atoms with Crippen molar-refractivity contribution >= 4 is 38.4 Å². The molecule has 0 aliphatic carbocycles. The molecule has 4 nitrogen and oxygen atoms in total. The average Bonchev–Trinajstić information content (AvgIpc) is 3.14. The number of hydrogen-bond donors (Lipinski definition) is 1. The number of halogens is 1. The minimum absolute atomic E-state index is 0.304. The first-order valence-electron chi connectivity index (χ1n) is 6.98. The third kappa shape index (κ3) is 2.75. The van der Waals surface area contributed by atoms with Gasteiger partial charge in [-0.3, -0.25) is 0 Å². The van der Waals surface area contributed by atoms with Crippen molar-refractivity contribution in [2.75, 3.05) is 5.32 Å². The Labute approximate surface area is 145 Å². The van der Waals surface area contributed by atoms with Gasteiger partial charge in [0, 0.05) is 21.0 Å². The summed E-state index contributed by atoms with van der Waals surface area (Å²) in [7, 11) is 0. The molecule has 1 N–H and O–H groups in total. The molecular formula is C17H11BrN2O2S. The molecule has 1 atom stereocenters. The number of cyclic esters (lactones) is 1. The second-order valence-electron chi connectivity index (χ2n) is 5.07. The van der Waals surface area contributed by atoms with Crippen LogP contribution in [0.25, 0.3) is 11.3 Å². The first-order valence-corrected chi connectivity index (χ1v) is 8.66. The maximum atomic E-state index is 11.8. The van der Waals surface area contributed by atoms with Crippen molar-refractivity contribution < 1.29 is 9.53 Å². The van der Waals surface area contributed by atoms with Gasteiger partial charge in [0.05, 0.1) is 11.3 Å². The predicted molar refractivity (Wildman–Crippen MR) is 93.5 cm³/mol. The number of anilines is 1. The first kappa shape index (κ1) is 14.4. The first-order chi connectivity index (χ1) is 11.2. The molecule has 0 saturated carbocycles. The van der Waals surface area contributed by atoms with Gasteiger partial charge in [0.15, 0.2) is 5.13 Å². The normalized spacial score (nSPS) is 16.0. The Kier molecular flexibility index (Phi) is 3.63. The Morgan fingerprint density at radius 3 is 2.91 bits per heavy atom. The number of carbonyl (C=O) groups is 1. The van der Waals surface area contributed by atoms with E-state index in [1.54, 1.807) is 6.07 Å². The van der Waals surface area contributed by atoms with Gasteiger partial charge < -0.3 is 10.1 Å². The number of hydrogen-bond acceptors (Lipinski definition) is 5. The fraction of sp³-hybridized carbons (Fsp3) is 0.0588. The summed E-state index contributed by atoms with van der Waals surface area (Å²) in [6.07, 6.45) is -0.486. The number of carbonyl (C=O) groups excluding carboxylic acids is 1. The molecule has 6 heteroatoms. The van der Waals surface area contributed by atoms with Gasteiger partial charge in [0.1, 0.15) is 0 Å². The minimum atomic E-state index is -0.486. The van der Waals surface area contributed by atoms with Gasteiger partial charge in [-0.2, -0.15) is 0 Å². The smallest absolute Gasteiger partial charge is 0.340 e. The van der Waals surface area contributed by atoms with Crippen molar-refractivity contribution in [3.8, 4) is 11.3 Å². The average molecular weight is 387 g/mol. The topological polar surface area (TPSA) is 51.2 Å². The van der Waals surface area contributed by atoms with Gasteiger partial charge in [-0.25, -0.2) is 9.78 Å². The lowest BCUT2D eigenvalue weighted by molar-refractivity contribution is 0.0437. The van der Waals surface area contributed by atoms with E-state index < -0.39 is 6.23 Å². The Hall–Kier alpha value is -2.18. The number of nitrogens with zero attached hydrogens (tertiary/aromatic N) is 1. The number of fused-ring (bicyclic) bond motifs is 1. The van der Waals surface area contributed by atoms with Gasteiger partial charge in [0.25, 0.3) is 0 Å². The Morgan fingerprint density at radius 1 is 1.17 bits per heavy atom. The van der Waals surface area contributed by atoms with E-state index >= 15 is 0 Å². The van der Waals surface area contributed by atoms with Gasteiger partial charge in [-0.1, -0.05) is 46.3 Å². The van der Waals surface area contributed by atoms with Crippen LogP contribution in [0.1, 0.15) is 22.1 Å². The molecule has 23 heavy (non-hydrogen) atoms. The molecule has 0 saturated heterocycles. The molecule has 1 unspecified atom stereocenters. The Morgan fingerprint density at radius 2 is 2.04 bits per heavy atom. The second-order valence-corrected chi connectivity index (χ2v) is 6.84. The molecule has 1 aliphatic rings. The van der Waals surface area contributed by atoms with Crippen LogP contribution in [0, 0.1) is 0 Å². The number of thiazole rings is 1. The molecule has 1 aliphatic heterocycles. The Bertz CT molecular complexity index is 894. The third-order valence-corrected chi connectivity index (χ3v) is 4.83. The van der Waals surface area contributed by atoms with E-state index in [1.807, 2.05) is 47.8 Å². The number of esters is 1. The predicted octanol–water partition coefficient (Wildman–Crippen LogP) is 4.85. The molecule has 2 aromatic carbocycles. The van der Waals surface area contributed by atoms with Crippen molar-refractivity contribution in [1.29, 1.82) is 0 Å². The number of rotatable bonds is 3. The summed E-state index contributed by atoms with van der Waals surface area (Å²) in [5.74, 6) is -0.304. The van der Waals surface area contributed by atoms with Gasteiger partial charge >= 0.3 is 5.97 Å². The quantitative estimate of drug-likeness (QED) is 0.653. The molecule has 0 bridgehead atoms. The summed E-state index contributed by atoms with van der Waals surface area (Å²) in [6.45, 7) is 0. The van der Waals surface area contributed by atoms with E-state index in [4.69, 9.17) is 4.74 Å². The summed E-state index contributed by atoms with van der Waals surface area (Å²) in [4.78, 5) is 16.4. The summed E-state index contributed by atoms with van der Waals surface area (Å²) >= 11 is 4.95. The minimum Gasteiger partial charge on any atom is -0.434 e. The maximum Gasteiger partial charge on any atom is 0.340 e. The SMILES string of the molecule is O=C1OC(Nc2nc(-c3cccc(Br)c3)cs2)c2ccccc21. The van der Waals surface area contributed by atoms with Crippen LogP contribution in [-0.2, 0) is 4.74 Å². The summed E-state index contributed by atoms with van der Waals surface area (Å²) < 4.78 is 6.39. The van der Waals surface area contributed by atoms with Crippen molar-refractivity contribution in [3.63, 3.8) is 0 Å². The molecule has 1 aromatic heterocycles. The number of benzene rings is 2. The summed E-state index contributed by atoms with van der Waals surface area (Å²) in [6, 6.07) is 15.4. The highest BCUT2D eigenvalue weighted by Gasteiger charge is 2.30. The lowest BCUT2D eigenvalue weighted by atomic mass is 10.1. The molecule has 0 spiro atoms. The van der Waals surface area contributed by atoms with Gasteiger partial charge in [-0.15, -0.1) is 11.3 Å². The van der Waals surface area contributed by atoms with Crippen LogP contribution in [0.5, 0.6) is 0 Å². The standard InChI is InChI=1S/C17H11BrN2O2S/c18-11-5-3-4-10(8-11)14-9-23-17(19-14)20-15-12-6-1-2-7-13(12)16(21)22-15/h1-9,15H,(H,19,20). The fourth-order valence-corrected chi connectivity index (χ4v) is 3.62.